The van der Waals surface area contributed by atoms with Gasteiger partial charge in [0.05, 0.1) is 18.4 Å². The molecule has 0 bridgehead atoms. The molecule has 0 amide bonds. The van der Waals surface area contributed by atoms with Gasteiger partial charge in [0.25, 0.3) is 0 Å². The third-order valence-electron chi connectivity index (χ3n) is 2.64. The van der Waals surface area contributed by atoms with Crippen molar-refractivity contribution in [2.45, 2.75) is 39.4 Å². The molecule has 0 saturated carbocycles. The topological polar surface area (TPSA) is 42.7 Å². The minimum Gasteiger partial charge on any atom is -0.306 e. The fourth-order valence-electron chi connectivity index (χ4n) is 1.63. The van der Waals surface area contributed by atoms with Gasteiger partial charge in [-0.2, -0.15) is 0 Å². The number of halogens is 1. The summed E-state index contributed by atoms with van der Waals surface area (Å²) < 4.78 is 14.6. The molecule has 0 radical (unpaired) electrons. The number of aromatic nitrogens is 3. The Balaban J connectivity index is 1.95. The van der Waals surface area contributed by atoms with E-state index in [1.54, 1.807) is 16.8 Å². The summed E-state index contributed by atoms with van der Waals surface area (Å²) in [5, 5.41) is 11.5. The van der Waals surface area contributed by atoms with Crippen molar-refractivity contribution in [3.63, 3.8) is 0 Å². The molecule has 1 aromatic heterocycles. The monoisotopic (exact) mass is 262 g/mol. The van der Waals surface area contributed by atoms with Crippen LogP contribution in [-0.2, 0) is 13.1 Å². The van der Waals surface area contributed by atoms with E-state index in [1.165, 1.54) is 12.1 Å². The van der Waals surface area contributed by atoms with Gasteiger partial charge < -0.3 is 5.32 Å². The zero-order valence-corrected chi connectivity index (χ0v) is 11.5. The molecule has 102 valence electrons. The van der Waals surface area contributed by atoms with Gasteiger partial charge in [-0.05, 0) is 38.5 Å². The Kier molecular flexibility index (Phi) is 3.95. The summed E-state index contributed by atoms with van der Waals surface area (Å²) in [6.45, 7) is 7.61. The van der Waals surface area contributed by atoms with Gasteiger partial charge in [-0.3, -0.25) is 0 Å². The van der Waals surface area contributed by atoms with E-state index >= 15 is 0 Å². The Morgan fingerprint density at radius 2 is 1.89 bits per heavy atom. The maximum Gasteiger partial charge on any atom is 0.123 e. The summed E-state index contributed by atoms with van der Waals surface area (Å²) in [5.74, 6) is -0.225. The number of nitrogens with one attached hydrogen (secondary N) is 1. The summed E-state index contributed by atoms with van der Waals surface area (Å²) in [6, 6.07) is 6.41. The van der Waals surface area contributed by atoms with Gasteiger partial charge in [0.1, 0.15) is 5.82 Å². The highest BCUT2D eigenvalue weighted by Crippen LogP contribution is 2.06. The molecule has 1 heterocycles. The molecule has 0 saturated heterocycles. The van der Waals surface area contributed by atoms with Gasteiger partial charge in [0.15, 0.2) is 0 Å². The first-order valence-electron chi connectivity index (χ1n) is 6.31. The third kappa shape index (κ3) is 4.44. The van der Waals surface area contributed by atoms with Crippen LogP contribution in [0.15, 0.2) is 30.5 Å². The van der Waals surface area contributed by atoms with Crippen LogP contribution in [0.25, 0.3) is 0 Å². The lowest BCUT2D eigenvalue weighted by molar-refractivity contribution is 0.421. The van der Waals surface area contributed by atoms with Gasteiger partial charge in [-0.1, -0.05) is 17.3 Å². The zero-order chi connectivity index (χ0) is 13.9. The van der Waals surface area contributed by atoms with Crippen molar-refractivity contribution in [1.82, 2.24) is 20.3 Å². The second-order valence-electron chi connectivity index (χ2n) is 5.64. The number of rotatable bonds is 4. The predicted molar refractivity (Wildman–Crippen MR) is 72.1 cm³/mol. The van der Waals surface area contributed by atoms with Crippen LogP contribution in [0.4, 0.5) is 4.39 Å². The molecular formula is C14H19FN4. The summed E-state index contributed by atoms with van der Waals surface area (Å²) in [6.07, 6.45) is 1.90. The Hall–Kier alpha value is -1.75. The standard InChI is InChI=1S/C14H19FN4/c1-14(2,3)16-8-13-10-19(18-17-13)9-11-4-6-12(15)7-5-11/h4-7,10,16H,8-9H2,1-3H3. The van der Waals surface area contributed by atoms with Crippen molar-refractivity contribution in [3.8, 4) is 0 Å². The van der Waals surface area contributed by atoms with E-state index in [-0.39, 0.29) is 11.4 Å². The first-order valence-corrected chi connectivity index (χ1v) is 6.31. The number of nitrogens with zero attached hydrogens (tertiary/aromatic N) is 3. The lowest BCUT2D eigenvalue weighted by atomic mass is 10.1. The number of benzene rings is 1. The molecule has 0 aliphatic carbocycles. The molecule has 0 fully saturated rings. The van der Waals surface area contributed by atoms with E-state index in [1.807, 2.05) is 6.20 Å². The second kappa shape index (κ2) is 5.48. The molecule has 1 N–H and O–H groups in total. The molecule has 5 heteroatoms. The average Bonchev–Trinajstić information content (AvgIpc) is 2.77. The van der Waals surface area contributed by atoms with Crippen molar-refractivity contribution in [2.75, 3.05) is 0 Å². The Morgan fingerprint density at radius 1 is 1.21 bits per heavy atom. The molecule has 2 rings (SSSR count). The van der Waals surface area contributed by atoms with Crippen molar-refractivity contribution >= 4 is 0 Å². The van der Waals surface area contributed by atoms with Crippen LogP contribution >= 0.6 is 0 Å². The van der Waals surface area contributed by atoms with Crippen LogP contribution < -0.4 is 5.32 Å². The van der Waals surface area contributed by atoms with Crippen LogP contribution in [0, 0.1) is 5.82 Å². The number of hydrogen-bond donors (Lipinski definition) is 1. The maximum absolute atomic E-state index is 12.8. The molecule has 0 atom stereocenters. The SMILES string of the molecule is CC(C)(C)NCc1cn(Cc2ccc(F)cc2)nn1. The lowest BCUT2D eigenvalue weighted by Crippen LogP contribution is -2.35. The van der Waals surface area contributed by atoms with Gasteiger partial charge >= 0.3 is 0 Å². The van der Waals surface area contributed by atoms with Crippen molar-refractivity contribution in [2.24, 2.45) is 0 Å². The fraction of sp³-hybridized carbons (Fsp3) is 0.429. The molecule has 1 aromatic carbocycles. The molecule has 19 heavy (non-hydrogen) atoms. The lowest BCUT2D eigenvalue weighted by Gasteiger charge is -2.19. The van der Waals surface area contributed by atoms with Crippen LogP contribution in [0.2, 0.25) is 0 Å². The van der Waals surface area contributed by atoms with Gasteiger partial charge in [0.2, 0.25) is 0 Å². The van der Waals surface area contributed by atoms with Gasteiger partial charge in [-0.15, -0.1) is 5.10 Å². The first-order chi connectivity index (χ1) is 8.92. The van der Waals surface area contributed by atoms with E-state index in [4.69, 9.17) is 0 Å². The summed E-state index contributed by atoms with van der Waals surface area (Å²) in [4.78, 5) is 0. The van der Waals surface area contributed by atoms with E-state index < -0.39 is 0 Å². The predicted octanol–water partition coefficient (Wildman–Crippen LogP) is 2.35. The normalized spacial score (nSPS) is 11.8. The first kappa shape index (κ1) is 13.7. The number of hydrogen-bond acceptors (Lipinski definition) is 3. The largest absolute Gasteiger partial charge is 0.306 e. The minimum atomic E-state index is -0.225. The highest BCUT2D eigenvalue weighted by atomic mass is 19.1. The van der Waals surface area contributed by atoms with E-state index in [0.717, 1.165) is 11.3 Å². The van der Waals surface area contributed by atoms with Crippen molar-refractivity contribution in [3.05, 3.63) is 47.5 Å². The smallest absolute Gasteiger partial charge is 0.123 e. The van der Waals surface area contributed by atoms with Crippen molar-refractivity contribution < 1.29 is 4.39 Å². The average molecular weight is 262 g/mol. The molecular weight excluding hydrogens is 243 g/mol. The molecule has 0 aliphatic rings. The fourth-order valence-corrected chi connectivity index (χ4v) is 1.63. The minimum absolute atomic E-state index is 0.0563. The quantitative estimate of drug-likeness (QED) is 0.919. The molecule has 0 unspecified atom stereocenters. The molecule has 4 nitrogen and oxygen atoms in total. The molecule has 2 aromatic rings. The van der Waals surface area contributed by atoms with E-state index in [2.05, 4.69) is 36.4 Å². The van der Waals surface area contributed by atoms with E-state index in [9.17, 15) is 4.39 Å². The second-order valence-corrected chi connectivity index (χ2v) is 5.64. The summed E-state index contributed by atoms with van der Waals surface area (Å²) >= 11 is 0. The van der Waals surface area contributed by atoms with Crippen molar-refractivity contribution in [1.29, 1.82) is 0 Å². The van der Waals surface area contributed by atoms with Gasteiger partial charge in [-0.25, -0.2) is 9.07 Å². The van der Waals surface area contributed by atoms with E-state index in [0.29, 0.717) is 13.1 Å². The molecule has 0 spiro atoms. The van der Waals surface area contributed by atoms with Crippen LogP contribution in [0.3, 0.4) is 0 Å². The highest BCUT2D eigenvalue weighted by molar-refractivity contribution is 5.16. The Bertz CT molecular complexity index is 525. The molecule has 0 aliphatic heterocycles. The Morgan fingerprint density at radius 3 is 2.53 bits per heavy atom. The Labute approximate surface area is 112 Å². The highest BCUT2D eigenvalue weighted by Gasteiger charge is 2.10. The zero-order valence-electron chi connectivity index (χ0n) is 11.5. The summed E-state index contributed by atoms with van der Waals surface area (Å²) in [7, 11) is 0. The van der Waals surface area contributed by atoms with Gasteiger partial charge in [0, 0.05) is 12.1 Å². The summed E-state index contributed by atoms with van der Waals surface area (Å²) in [5.41, 5.74) is 1.96. The maximum atomic E-state index is 12.8. The third-order valence-corrected chi connectivity index (χ3v) is 2.64. The van der Waals surface area contributed by atoms with Crippen LogP contribution in [0.5, 0.6) is 0 Å². The van der Waals surface area contributed by atoms with Crippen LogP contribution in [0.1, 0.15) is 32.0 Å². The van der Waals surface area contributed by atoms with Crippen LogP contribution in [-0.4, -0.2) is 20.5 Å².